The van der Waals surface area contributed by atoms with Gasteiger partial charge in [-0.15, -0.1) is 0 Å². The predicted molar refractivity (Wildman–Crippen MR) is 62.0 cm³/mol. The Bertz CT molecular complexity index is 432. The first-order chi connectivity index (χ1) is 8.31. The maximum absolute atomic E-state index is 12.6. The fourth-order valence-corrected chi connectivity index (χ4v) is 2.45. The summed E-state index contributed by atoms with van der Waals surface area (Å²) in [5.41, 5.74) is -1.52. The van der Waals surface area contributed by atoms with Gasteiger partial charge >= 0.3 is 6.18 Å². The third kappa shape index (κ3) is 2.67. The van der Waals surface area contributed by atoms with Crippen molar-refractivity contribution < 1.29 is 18.3 Å². The first kappa shape index (κ1) is 13.4. The number of hydrogen-bond donors (Lipinski definition) is 2. The highest BCUT2D eigenvalue weighted by Crippen LogP contribution is 2.36. The fourth-order valence-electron chi connectivity index (χ4n) is 2.45. The molecule has 2 atom stereocenters. The van der Waals surface area contributed by atoms with E-state index in [1.165, 1.54) is 6.07 Å². The van der Waals surface area contributed by atoms with E-state index in [2.05, 4.69) is 5.32 Å². The van der Waals surface area contributed by atoms with E-state index in [4.69, 9.17) is 0 Å². The van der Waals surface area contributed by atoms with E-state index in [1.807, 2.05) is 6.92 Å². The van der Waals surface area contributed by atoms with E-state index in [0.29, 0.717) is 24.9 Å². The first-order valence-electron chi connectivity index (χ1n) is 5.95. The molecule has 0 aromatic heterocycles. The van der Waals surface area contributed by atoms with Gasteiger partial charge in [0, 0.05) is 6.04 Å². The molecule has 2 rings (SSSR count). The average Bonchev–Trinajstić information content (AvgIpc) is 2.28. The zero-order chi connectivity index (χ0) is 13.4. The zero-order valence-corrected chi connectivity index (χ0v) is 10.1. The summed E-state index contributed by atoms with van der Waals surface area (Å²) < 4.78 is 37.9. The van der Waals surface area contributed by atoms with Crippen LogP contribution in [0, 0.1) is 0 Å². The van der Waals surface area contributed by atoms with Crippen molar-refractivity contribution in [1.82, 2.24) is 5.32 Å². The summed E-state index contributed by atoms with van der Waals surface area (Å²) in [6.45, 7) is 2.52. The van der Waals surface area contributed by atoms with Crippen LogP contribution in [0.2, 0.25) is 0 Å². The fraction of sp³-hybridized carbons (Fsp3) is 0.538. The number of aliphatic hydroxyl groups is 1. The van der Waals surface area contributed by atoms with Crippen molar-refractivity contribution in [3.63, 3.8) is 0 Å². The third-order valence-corrected chi connectivity index (χ3v) is 3.40. The number of piperidine rings is 1. The highest BCUT2D eigenvalue weighted by molar-refractivity contribution is 5.30. The summed E-state index contributed by atoms with van der Waals surface area (Å²) in [5.74, 6) is 0. The van der Waals surface area contributed by atoms with E-state index in [0.717, 1.165) is 12.1 Å². The van der Waals surface area contributed by atoms with Gasteiger partial charge in [0.1, 0.15) is 0 Å². The Balaban J connectivity index is 2.33. The van der Waals surface area contributed by atoms with Gasteiger partial charge in [-0.25, -0.2) is 0 Å². The Hall–Kier alpha value is -1.07. The second kappa shape index (κ2) is 4.55. The predicted octanol–water partition coefficient (Wildman–Crippen LogP) is 2.66. The van der Waals surface area contributed by atoms with Crippen LogP contribution in [-0.2, 0) is 11.8 Å². The van der Waals surface area contributed by atoms with Crippen LogP contribution in [0.5, 0.6) is 0 Å². The number of hydrogen-bond acceptors (Lipinski definition) is 2. The molecule has 0 amide bonds. The van der Waals surface area contributed by atoms with E-state index in [1.54, 1.807) is 6.07 Å². The van der Waals surface area contributed by atoms with Gasteiger partial charge in [-0.3, -0.25) is 0 Å². The minimum atomic E-state index is -4.37. The van der Waals surface area contributed by atoms with E-state index < -0.39 is 17.3 Å². The Kier molecular flexibility index (Phi) is 3.38. The molecule has 1 fully saturated rings. The second-order valence-corrected chi connectivity index (χ2v) is 4.92. The lowest BCUT2D eigenvalue weighted by molar-refractivity contribution is -0.137. The summed E-state index contributed by atoms with van der Waals surface area (Å²) in [6, 6.07) is 5.09. The van der Waals surface area contributed by atoms with Crippen molar-refractivity contribution in [3.8, 4) is 0 Å². The average molecular weight is 259 g/mol. The molecule has 2 unspecified atom stereocenters. The molecule has 1 aromatic carbocycles. The standard InChI is InChI=1S/C13H16F3NO/c1-9-8-12(18,5-6-17-9)10-3-2-4-11(7-10)13(14,15)16/h2-4,7,9,17-18H,5-6,8H2,1H3. The number of halogens is 3. The molecule has 18 heavy (non-hydrogen) atoms. The number of nitrogens with one attached hydrogen (secondary N) is 1. The maximum Gasteiger partial charge on any atom is 0.416 e. The highest BCUT2D eigenvalue weighted by Gasteiger charge is 2.37. The molecule has 2 nitrogen and oxygen atoms in total. The summed E-state index contributed by atoms with van der Waals surface area (Å²) in [7, 11) is 0. The van der Waals surface area contributed by atoms with E-state index >= 15 is 0 Å². The molecule has 1 aliphatic rings. The summed E-state index contributed by atoms with van der Waals surface area (Å²) in [4.78, 5) is 0. The first-order valence-corrected chi connectivity index (χ1v) is 5.95. The highest BCUT2D eigenvalue weighted by atomic mass is 19.4. The quantitative estimate of drug-likeness (QED) is 0.812. The zero-order valence-electron chi connectivity index (χ0n) is 10.1. The van der Waals surface area contributed by atoms with Gasteiger partial charge in [0.25, 0.3) is 0 Å². The summed E-state index contributed by atoms with van der Waals surface area (Å²) in [6.07, 6.45) is -3.52. The maximum atomic E-state index is 12.6. The molecule has 1 aromatic rings. The smallest absolute Gasteiger partial charge is 0.385 e. The number of benzene rings is 1. The third-order valence-electron chi connectivity index (χ3n) is 3.40. The van der Waals surface area contributed by atoms with Crippen LogP contribution < -0.4 is 5.32 Å². The normalized spacial score (nSPS) is 29.3. The SMILES string of the molecule is CC1CC(O)(c2cccc(C(F)(F)F)c2)CCN1. The molecule has 0 spiro atoms. The van der Waals surface area contributed by atoms with Gasteiger partial charge in [0.2, 0.25) is 0 Å². The topological polar surface area (TPSA) is 32.3 Å². The van der Waals surface area contributed by atoms with Crippen LogP contribution in [0.4, 0.5) is 13.2 Å². The Morgan fingerprint density at radius 1 is 1.39 bits per heavy atom. The lowest BCUT2D eigenvalue weighted by atomic mass is 9.81. The molecule has 5 heteroatoms. The Morgan fingerprint density at radius 2 is 2.11 bits per heavy atom. The molecule has 2 N–H and O–H groups in total. The van der Waals surface area contributed by atoms with Crippen molar-refractivity contribution in [2.45, 2.75) is 37.6 Å². The van der Waals surface area contributed by atoms with Crippen LogP contribution in [0.25, 0.3) is 0 Å². The van der Waals surface area contributed by atoms with Crippen LogP contribution in [0.1, 0.15) is 30.9 Å². The van der Waals surface area contributed by atoms with Crippen molar-refractivity contribution >= 4 is 0 Å². The number of alkyl halides is 3. The molecule has 0 saturated carbocycles. The van der Waals surface area contributed by atoms with Crippen molar-refractivity contribution in [2.24, 2.45) is 0 Å². The number of rotatable bonds is 1. The lowest BCUT2D eigenvalue weighted by Gasteiger charge is -2.37. The molecule has 0 radical (unpaired) electrons. The van der Waals surface area contributed by atoms with Crippen LogP contribution in [0.3, 0.4) is 0 Å². The Morgan fingerprint density at radius 3 is 2.72 bits per heavy atom. The van der Waals surface area contributed by atoms with Crippen LogP contribution >= 0.6 is 0 Å². The summed E-state index contributed by atoms with van der Waals surface area (Å²) in [5, 5.41) is 13.7. The van der Waals surface area contributed by atoms with Gasteiger partial charge in [0.15, 0.2) is 0 Å². The molecule has 1 heterocycles. The molecular weight excluding hydrogens is 243 g/mol. The monoisotopic (exact) mass is 259 g/mol. The lowest BCUT2D eigenvalue weighted by Crippen LogP contribution is -2.45. The Labute approximate surface area is 104 Å². The van der Waals surface area contributed by atoms with Crippen molar-refractivity contribution in [1.29, 1.82) is 0 Å². The van der Waals surface area contributed by atoms with Crippen LogP contribution in [0.15, 0.2) is 24.3 Å². The molecule has 1 saturated heterocycles. The van der Waals surface area contributed by atoms with Gasteiger partial charge in [-0.1, -0.05) is 12.1 Å². The van der Waals surface area contributed by atoms with Crippen molar-refractivity contribution in [2.75, 3.05) is 6.54 Å². The van der Waals surface area contributed by atoms with Gasteiger partial charge in [0.05, 0.1) is 11.2 Å². The minimum Gasteiger partial charge on any atom is -0.385 e. The molecular formula is C13H16F3NO. The van der Waals surface area contributed by atoms with E-state index in [-0.39, 0.29) is 6.04 Å². The summed E-state index contributed by atoms with van der Waals surface area (Å²) >= 11 is 0. The molecule has 100 valence electrons. The van der Waals surface area contributed by atoms with Gasteiger partial charge in [-0.2, -0.15) is 13.2 Å². The van der Waals surface area contributed by atoms with Crippen LogP contribution in [-0.4, -0.2) is 17.7 Å². The van der Waals surface area contributed by atoms with Gasteiger partial charge < -0.3 is 10.4 Å². The largest absolute Gasteiger partial charge is 0.416 e. The molecule has 1 aliphatic heterocycles. The van der Waals surface area contributed by atoms with E-state index in [9.17, 15) is 18.3 Å². The molecule has 0 aliphatic carbocycles. The second-order valence-electron chi connectivity index (χ2n) is 4.92. The van der Waals surface area contributed by atoms with Crippen molar-refractivity contribution in [3.05, 3.63) is 35.4 Å². The molecule has 0 bridgehead atoms. The van der Waals surface area contributed by atoms with Gasteiger partial charge in [-0.05, 0) is 44.0 Å². The minimum absolute atomic E-state index is 0.0956.